The van der Waals surface area contributed by atoms with Gasteiger partial charge >= 0.3 is 6.17 Å². The summed E-state index contributed by atoms with van der Waals surface area (Å²) in [6.07, 6.45) is -1.25. The molecule has 5 nitrogen and oxygen atoms in total. The molecular weight excluding hydrogens is 135 g/mol. The number of halogens is 1. The maximum atomic E-state index is 9.66. The van der Waals surface area contributed by atoms with Crippen LogP contribution < -0.4 is 4.84 Å². The van der Waals surface area contributed by atoms with Crippen LogP contribution >= 0.6 is 11.8 Å². The predicted octanol–water partition coefficient (Wildman–Crippen LogP) is -0.675. The lowest BCUT2D eigenvalue weighted by atomic mass is 10.6. The van der Waals surface area contributed by atoms with E-state index in [9.17, 15) is 10.1 Å². The molecule has 0 aromatic heterocycles. The summed E-state index contributed by atoms with van der Waals surface area (Å²) < 4.78 is 0. The second kappa shape index (κ2) is 3.59. The molecule has 1 unspecified atom stereocenters. The fraction of sp³-hybridized carbons (Fsp3) is 1.00. The zero-order valence-corrected chi connectivity index (χ0v) is 4.63. The van der Waals surface area contributed by atoms with Gasteiger partial charge in [-0.1, -0.05) is 0 Å². The molecule has 0 heterocycles. The Balaban J connectivity index is 3.52. The van der Waals surface area contributed by atoms with Gasteiger partial charge in [0, 0.05) is 4.92 Å². The molecule has 6 heteroatoms. The van der Waals surface area contributed by atoms with E-state index in [1.807, 2.05) is 0 Å². The summed E-state index contributed by atoms with van der Waals surface area (Å²) in [5, 5.41) is 17.8. The van der Waals surface area contributed by atoms with Gasteiger partial charge in [-0.3, -0.25) is 10.1 Å². The summed E-state index contributed by atoms with van der Waals surface area (Å²) in [7, 11) is 0. The fourth-order valence-corrected chi connectivity index (χ4v) is 0.290. The minimum atomic E-state index is -1.25. The van der Waals surface area contributed by atoms with Crippen molar-refractivity contribution in [1.82, 2.24) is 4.84 Å². The second-order valence-corrected chi connectivity index (χ2v) is 1.31. The molecule has 0 aromatic carbocycles. The molecule has 0 saturated carbocycles. The molecule has 0 aromatic rings. The van der Waals surface area contributed by atoms with E-state index in [0.717, 1.165) is 0 Å². The lowest BCUT2D eigenvalue weighted by Crippen LogP contribution is -2.33. The average Bonchev–Trinajstić information content (AvgIpc) is 1.69. The molecule has 0 fully saturated rings. The zero-order chi connectivity index (χ0) is 6.57. The van der Waals surface area contributed by atoms with Crippen molar-refractivity contribution in [2.24, 2.45) is 0 Å². The number of nitrogens with zero attached hydrogens (tertiary/aromatic N) is 1. The third-order valence-electron chi connectivity index (χ3n) is 0.553. The van der Waals surface area contributed by atoms with Crippen molar-refractivity contribution >= 4 is 11.8 Å². The Bertz CT molecular complexity index is 83.4. The van der Waals surface area contributed by atoms with Crippen LogP contribution in [0.25, 0.3) is 0 Å². The molecule has 1 atom stereocenters. The summed E-state index contributed by atoms with van der Waals surface area (Å²) in [4.78, 5) is 10.7. The quantitative estimate of drug-likeness (QED) is 0.236. The van der Waals surface area contributed by atoms with Crippen LogP contribution in [-0.2, 0) is 0 Å². The minimum Gasteiger partial charge on any atom is -0.388 e. The molecule has 0 saturated heterocycles. The standard InChI is InChI=1S/C2H5ClN2O3/c3-4-2(1-6)5(7)8/h2,4,6H,1H2. The molecule has 0 bridgehead atoms. The van der Waals surface area contributed by atoms with Crippen LogP contribution in [0.3, 0.4) is 0 Å². The highest BCUT2D eigenvalue weighted by Crippen LogP contribution is 1.82. The maximum Gasteiger partial charge on any atom is 0.301 e. The molecule has 2 N–H and O–H groups in total. The number of hydrogen-bond acceptors (Lipinski definition) is 4. The Kier molecular flexibility index (Phi) is 3.42. The van der Waals surface area contributed by atoms with E-state index >= 15 is 0 Å². The molecule has 0 aliphatic carbocycles. The summed E-state index contributed by atoms with van der Waals surface area (Å²) in [5.74, 6) is 0. The van der Waals surface area contributed by atoms with E-state index in [4.69, 9.17) is 16.9 Å². The van der Waals surface area contributed by atoms with Gasteiger partial charge in [-0.05, 0) is 11.8 Å². The van der Waals surface area contributed by atoms with Gasteiger partial charge in [-0.25, -0.2) is 0 Å². The van der Waals surface area contributed by atoms with E-state index in [0.29, 0.717) is 0 Å². The van der Waals surface area contributed by atoms with Crippen LogP contribution in [0, 0.1) is 10.1 Å². The smallest absolute Gasteiger partial charge is 0.301 e. The molecule has 0 rings (SSSR count). The van der Waals surface area contributed by atoms with E-state index in [1.165, 1.54) is 0 Å². The zero-order valence-electron chi connectivity index (χ0n) is 3.87. The largest absolute Gasteiger partial charge is 0.388 e. The Morgan fingerprint density at radius 1 is 2.00 bits per heavy atom. The summed E-state index contributed by atoms with van der Waals surface area (Å²) in [6.45, 7) is -0.601. The van der Waals surface area contributed by atoms with Gasteiger partial charge in [0.15, 0.2) is 0 Å². The summed E-state index contributed by atoms with van der Waals surface area (Å²) >= 11 is 4.81. The van der Waals surface area contributed by atoms with Crippen LogP contribution in [0.5, 0.6) is 0 Å². The molecule has 8 heavy (non-hydrogen) atoms. The van der Waals surface area contributed by atoms with Crippen LogP contribution in [0.15, 0.2) is 0 Å². The number of hydrogen-bond donors (Lipinski definition) is 2. The number of nitro groups is 1. The van der Waals surface area contributed by atoms with E-state index in [2.05, 4.69) is 0 Å². The van der Waals surface area contributed by atoms with Crippen molar-refractivity contribution < 1.29 is 10.0 Å². The Hall–Kier alpha value is -0.390. The lowest BCUT2D eigenvalue weighted by Gasteiger charge is -1.99. The second-order valence-electron chi connectivity index (χ2n) is 1.09. The lowest BCUT2D eigenvalue weighted by molar-refractivity contribution is -0.528. The van der Waals surface area contributed by atoms with Gasteiger partial charge in [-0.15, -0.1) is 0 Å². The van der Waals surface area contributed by atoms with Crippen molar-refractivity contribution in [2.75, 3.05) is 6.61 Å². The number of rotatable bonds is 3. The Morgan fingerprint density at radius 3 is 2.50 bits per heavy atom. The van der Waals surface area contributed by atoms with Crippen LogP contribution in [0.4, 0.5) is 0 Å². The van der Waals surface area contributed by atoms with Gasteiger partial charge in [0.25, 0.3) is 0 Å². The van der Waals surface area contributed by atoms with Gasteiger partial charge in [-0.2, -0.15) is 4.84 Å². The monoisotopic (exact) mass is 140 g/mol. The van der Waals surface area contributed by atoms with Crippen LogP contribution in [-0.4, -0.2) is 22.8 Å². The molecule has 0 aliphatic rings. The highest BCUT2D eigenvalue weighted by Gasteiger charge is 2.14. The third kappa shape index (κ3) is 2.06. The van der Waals surface area contributed by atoms with Gasteiger partial charge in [0.1, 0.15) is 6.61 Å². The molecule has 0 radical (unpaired) electrons. The first-order chi connectivity index (χ1) is 3.72. The van der Waals surface area contributed by atoms with Gasteiger partial charge < -0.3 is 5.11 Å². The first-order valence-corrected chi connectivity index (χ1v) is 2.20. The van der Waals surface area contributed by atoms with E-state index < -0.39 is 17.7 Å². The number of nitrogens with one attached hydrogen (secondary N) is 1. The topological polar surface area (TPSA) is 75.4 Å². The molecule has 0 aliphatic heterocycles. The first kappa shape index (κ1) is 7.61. The predicted molar refractivity (Wildman–Crippen MR) is 26.9 cm³/mol. The van der Waals surface area contributed by atoms with Crippen molar-refractivity contribution in [2.45, 2.75) is 6.17 Å². The fourth-order valence-electron chi connectivity index (χ4n) is 0.141. The minimum absolute atomic E-state index is 0.601. The maximum absolute atomic E-state index is 9.66. The molecule has 0 amide bonds. The first-order valence-electron chi connectivity index (χ1n) is 1.83. The van der Waals surface area contributed by atoms with Crippen molar-refractivity contribution in [3.8, 4) is 0 Å². The van der Waals surface area contributed by atoms with Crippen LogP contribution in [0.2, 0.25) is 0 Å². The number of aliphatic hydroxyl groups is 1. The van der Waals surface area contributed by atoms with E-state index in [-0.39, 0.29) is 0 Å². The summed E-state index contributed by atoms with van der Waals surface area (Å²) in [6, 6.07) is 0. The number of aliphatic hydroxyl groups excluding tert-OH is 1. The van der Waals surface area contributed by atoms with Crippen molar-refractivity contribution in [3.05, 3.63) is 10.1 Å². The SMILES string of the molecule is O=[N+]([O-])C(CO)NCl. The van der Waals surface area contributed by atoms with Crippen LogP contribution in [0.1, 0.15) is 0 Å². The van der Waals surface area contributed by atoms with Crippen molar-refractivity contribution in [3.63, 3.8) is 0 Å². The average molecular weight is 141 g/mol. The highest BCUT2D eigenvalue weighted by atomic mass is 35.5. The molecule has 0 spiro atoms. The summed E-state index contributed by atoms with van der Waals surface area (Å²) in [5.41, 5.74) is 0. The molecular formula is C2H5ClN2O3. The normalized spacial score (nSPS) is 13.2. The highest BCUT2D eigenvalue weighted by molar-refractivity contribution is 6.13. The third-order valence-corrected chi connectivity index (χ3v) is 0.805. The van der Waals surface area contributed by atoms with E-state index in [1.54, 1.807) is 4.84 Å². The molecule has 48 valence electrons. The van der Waals surface area contributed by atoms with Gasteiger partial charge in [0.05, 0.1) is 0 Å². The Labute approximate surface area is 50.5 Å². The Morgan fingerprint density at radius 2 is 2.50 bits per heavy atom. The van der Waals surface area contributed by atoms with Gasteiger partial charge in [0.2, 0.25) is 0 Å². The van der Waals surface area contributed by atoms with Crippen molar-refractivity contribution in [1.29, 1.82) is 0 Å².